The fraction of sp³-hybridized carbons (Fsp3) is 0.182. The van der Waals surface area contributed by atoms with Crippen LogP contribution in [0.15, 0.2) is 30.5 Å². The molecule has 1 atom stereocenters. The van der Waals surface area contributed by atoms with E-state index in [2.05, 4.69) is 20.5 Å². The zero-order chi connectivity index (χ0) is 12.3. The van der Waals surface area contributed by atoms with Crippen LogP contribution in [-0.2, 0) is 4.79 Å². The van der Waals surface area contributed by atoms with Crippen LogP contribution in [0.3, 0.4) is 0 Å². The third-order valence-corrected chi connectivity index (χ3v) is 2.27. The van der Waals surface area contributed by atoms with Crippen molar-refractivity contribution < 1.29 is 9.90 Å². The molecule has 2 aromatic rings. The van der Waals surface area contributed by atoms with Crippen LogP contribution in [0.4, 0.5) is 5.82 Å². The summed E-state index contributed by atoms with van der Waals surface area (Å²) in [7, 11) is 0. The molecule has 1 unspecified atom stereocenters. The van der Waals surface area contributed by atoms with Crippen molar-refractivity contribution in [2.45, 2.75) is 13.0 Å². The number of aliphatic carboxylic acids is 1. The topological polar surface area (TPSA) is 90.9 Å². The van der Waals surface area contributed by atoms with Gasteiger partial charge in [-0.1, -0.05) is 0 Å². The average molecular weight is 232 g/mol. The third-order valence-electron chi connectivity index (χ3n) is 2.27. The Morgan fingerprint density at radius 1 is 1.41 bits per heavy atom. The highest BCUT2D eigenvalue weighted by atomic mass is 16.4. The van der Waals surface area contributed by atoms with Crippen LogP contribution in [0.2, 0.25) is 0 Å². The minimum absolute atomic E-state index is 0.440. The van der Waals surface area contributed by atoms with Gasteiger partial charge in [-0.05, 0) is 31.2 Å². The molecule has 17 heavy (non-hydrogen) atoms. The minimum Gasteiger partial charge on any atom is -0.480 e. The summed E-state index contributed by atoms with van der Waals surface area (Å²) in [6, 6.07) is 6.53. The van der Waals surface area contributed by atoms with Gasteiger partial charge in [0.1, 0.15) is 17.6 Å². The number of nitrogens with one attached hydrogen (secondary N) is 2. The molecule has 0 radical (unpaired) electrons. The standard InChI is InChI=1S/C11H12N4O2/c1-7(11(16)17)13-10-5-4-9(14-15-10)8-3-2-6-12-8/h2-7,12H,1H3,(H,13,15)(H,16,17). The number of H-pyrrole nitrogens is 1. The van der Waals surface area contributed by atoms with Gasteiger partial charge in [0.25, 0.3) is 0 Å². The number of aromatic amines is 1. The molecule has 2 heterocycles. The molecule has 88 valence electrons. The maximum absolute atomic E-state index is 10.6. The number of carboxylic acids is 1. The lowest BCUT2D eigenvalue weighted by atomic mass is 10.3. The van der Waals surface area contributed by atoms with Gasteiger partial charge in [0.2, 0.25) is 0 Å². The second-order valence-corrected chi connectivity index (χ2v) is 3.59. The van der Waals surface area contributed by atoms with E-state index < -0.39 is 12.0 Å². The second-order valence-electron chi connectivity index (χ2n) is 3.59. The predicted octanol–water partition coefficient (Wildman–Crippen LogP) is 1.36. The van der Waals surface area contributed by atoms with Crippen LogP contribution in [0.1, 0.15) is 6.92 Å². The number of hydrogen-bond donors (Lipinski definition) is 3. The average Bonchev–Trinajstić information content (AvgIpc) is 2.83. The van der Waals surface area contributed by atoms with E-state index in [9.17, 15) is 4.79 Å². The summed E-state index contributed by atoms with van der Waals surface area (Å²) < 4.78 is 0. The number of aromatic nitrogens is 3. The summed E-state index contributed by atoms with van der Waals surface area (Å²) in [5.41, 5.74) is 1.58. The van der Waals surface area contributed by atoms with Gasteiger partial charge in [-0.2, -0.15) is 0 Å². The lowest BCUT2D eigenvalue weighted by Gasteiger charge is -2.08. The predicted molar refractivity (Wildman–Crippen MR) is 62.5 cm³/mol. The highest BCUT2D eigenvalue weighted by Gasteiger charge is 2.11. The first-order valence-corrected chi connectivity index (χ1v) is 5.13. The van der Waals surface area contributed by atoms with Crippen molar-refractivity contribution in [1.82, 2.24) is 15.2 Å². The smallest absolute Gasteiger partial charge is 0.325 e. The van der Waals surface area contributed by atoms with Gasteiger partial charge < -0.3 is 15.4 Å². The Morgan fingerprint density at radius 2 is 2.24 bits per heavy atom. The lowest BCUT2D eigenvalue weighted by Crippen LogP contribution is -2.25. The highest BCUT2D eigenvalue weighted by molar-refractivity contribution is 5.76. The van der Waals surface area contributed by atoms with Gasteiger partial charge in [-0.15, -0.1) is 10.2 Å². The third kappa shape index (κ3) is 2.60. The van der Waals surface area contributed by atoms with E-state index in [1.807, 2.05) is 12.1 Å². The number of carboxylic acid groups (broad SMARTS) is 1. The molecule has 0 fully saturated rings. The summed E-state index contributed by atoms with van der Waals surface area (Å²) in [5.74, 6) is -0.490. The van der Waals surface area contributed by atoms with Gasteiger partial charge in [-0.25, -0.2) is 0 Å². The molecule has 0 aliphatic carbocycles. The largest absolute Gasteiger partial charge is 0.480 e. The van der Waals surface area contributed by atoms with E-state index in [4.69, 9.17) is 5.11 Å². The second kappa shape index (κ2) is 4.65. The SMILES string of the molecule is CC(Nc1ccc(-c2ccc[nH]2)nn1)C(=O)O. The number of anilines is 1. The molecular formula is C11H12N4O2. The highest BCUT2D eigenvalue weighted by Crippen LogP contribution is 2.14. The molecule has 0 saturated heterocycles. The van der Waals surface area contributed by atoms with Crippen LogP contribution in [0.25, 0.3) is 11.4 Å². The van der Waals surface area contributed by atoms with Gasteiger partial charge >= 0.3 is 5.97 Å². The van der Waals surface area contributed by atoms with E-state index in [1.165, 1.54) is 0 Å². The quantitative estimate of drug-likeness (QED) is 0.740. The molecule has 0 aliphatic heterocycles. The monoisotopic (exact) mass is 232 g/mol. The summed E-state index contributed by atoms with van der Waals surface area (Å²) >= 11 is 0. The number of hydrogen-bond acceptors (Lipinski definition) is 4. The van der Waals surface area contributed by atoms with E-state index in [1.54, 1.807) is 25.3 Å². The molecule has 6 heteroatoms. The fourth-order valence-electron chi connectivity index (χ4n) is 1.33. The molecular weight excluding hydrogens is 220 g/mol. The molecule has 3 N–H and O–H groups in total. The Kier molecular flexibility index (Phi) is 3.04. The Bertz CT molecular complexity index is 493. The first-order chi connectivity index (χ1) is 8.16. The molecule has 0 spiro atoms. The molecule has 0 saturated carbocycles. The van der Waals surface area contributed by atoms with Crippen LogP contribution in [0.5, 0.6) is 0 Å². The Morgan fingerprint density at radius 3 is 2.76 bits per heavy atom. The summed E-state index contributed by atoms with van der Waals surface area (Å²) in [5, 5.41) is 19.4. The Labute approximate surface area is 97.7 Å². The Balaban J connectivity index is 2.11. The van der Waals surface area contributed by atoms with E-state index in [0.717, 1.165) is 5.69 Å². The van der Waals surface area contributed by atoms with Crippen LogP contribution < -0.4 is 5.32 Å². The maximum atomic E-state index is 10.6. The summed E-state index contributed by atoms with van der Waals surface area (Å²) in [6.07, 6.45) is 1.80. The molecule has 0 bridgehead atoms. The van der Waals surface area contributed by atoms with Crippen molar-refractivity contribution in [3.63, 3.8) is 0 Å². The molecule has 0 aliphatic rings. The zero-order valence-corrected chi connectivity index (χ0v) is 9.21. The molecule has 2 rings (SSSR count). The number of carbonyl (C=O) groups is 1. The maximum Gasteiger partial charge on any atom is 0.325 e. The lowest BCUT2D eigenvalue weighted by molar-refractivity contribution is -0.137. The van der Waals surface area contributed by atoms with Gasteiger partial charge in [-0.3, -0.25) is 4.79 Å². The van der Waals surface area contributed by atoms with Crippen molar-refractivity contribution in [2.24, 2.45) is 0 Å². The van der Waals surface area contributed by atoms with E-state index in [0.29, 0.717) is 11.5 Å². The van der Waals surface area contributed by atoms with Crippen molar-refractivity contribution in [2.75, 3.05) is 5.32 Å². The molecule has 0 amide bonds. The molecule has 6 nitrogen and oxygen atoms in total. The minimum atomic E-state index is -0.930. The zero-order valence-electron chi connectivity index (χ0n) is 9.21. The first-order valence-electron chi connectivity index (χ1n) is 5.13. The van der Waals surface area contributed by atoms with Crippen molar-refractivity contribution in [3.05, 3.63) is 30.5 Å². The van der Waals surface area contributed by atoms with Gasteiger partial charge in [0.15, 0.2) is 0 Å². The fourth-order valence-corrected chi connectivity index (χ4v) is 1.33. The summed E-state index contributed by atoms with van der Waals surface area (Å²) in [6.45, 7) is 1.54. The normalized spacial score (nSPS) is 12.1. The van der Waals surface area contributed by atoms with Crippen molar-refractivity contribution in [3.8, 4) is 11.4 Å². The van der Waals surface area contributed by atoms with E-state index >= 15 is 0 Å². The molecule has 0 aromatic carbocycles. The first kappa shape index (κ1) is 11.1. The molecule has 2 aromatic heterocycles. The van der Waals surface area contributed by atoms with Gasteiger partial charge in [0, 0.05) is 6.20 Å². The number of nitrogens with zero attached hydrogens (tertiary/aromatic N) is 2. The number of rotatable bonds is 4. The van der Waals surface area contributed by atoms with Crippen molar-refractivity contribution >= 4 is 11.8 Å². The van der Waals surface area contributed by atoms with Crippen LogP contribution in [-0.4, -0.2) is 32.3 Å². The van der Waals surface area contributed by atoms with Gasteiger partial charge in [0.05, 0.1) is 5.69 Å². The van der Waals surface area contributed by atoms with Crippen LogP contribution >= 0.6 is 0 Å². The summed E-state index contributed by atoms with van der Waals surface area (Å²) in [4.78, 5) is 13.7. The van der Waals surface area contributed by atoms with Crippen LogP contribution in [0, 0.1) is 0 Å². The van der Waals surface area contributed by atoms with E-state index in [-0.39, 0.29) is 0 Å². The van der Waals surface area contributed by atoms with Crippen molar-refractivity contribution in [1.29, 1.82) is 0 Å². The Hall–Kier alpha value is -2.37.